The molecular weight excluding hydrogens is 316 g/mol. The standard InChI is InChI=1S/C16H18N2O4S/c1-10-7-13(10)15(11-5-3-2-4-6-11)18-16(19)12-8-14(22-9-12)23(17,20)21/h2-6,8-10,13,15H,7H2,1H3,(H,18,19)(H2,17,20,21)/t10-,13+,15+/m1/s1. The predicted octanol–water partition coefficient (Wildman–Crippen LogP) is 2.05. The van der Waals surface area contributed by atoms with Crippen molar-refractivity contribution in [2.45, 2.75) is 24.5 Å². The first kappa shape index (κ1) is 15.8. The van der Waals surface area contributed by atoms with Crippen LogP contribution in [0.3, 0.4) is 0 Å². The smallest absolute Gasteiger partial charge is 0.271 e. The largest absolute Gasteiger partial charge is 0.451 e. The van der Waals surface area contributed by atoms with Crippen LogP contribution in [-0.4, -0.2) is 14.3 Å². The monoisotopic (exact) mass is 334 g/mol. The Kier molecular flexibility index (Phi) is 3.99. The molecule has 7 heteroatoms. The van der Waals surface area contributed by atoms with Crippen LogP contribution < -0.4 is 10.5 Å². The first-order valence-electron chi connectivity index (χ1n) is 7.33. The molecule has 0 aliphatic heterocycles. The van der Waals surface area contributed by atoms with Gasteiger partial charge < -0.3 is 9.73 Å². The molecule has 3 N–H and O–H groups in total. The Bertz CT molecular complexity index is 814. The Balaban J connectivity index is 1.80. The number of amides is 1. The minimum absolute atomic E-state index is 0.105. The summed E-state index contributed by atoms with van der Waals surface area (Å²) in [7, 11) is -3.96. The number of rotatable bonds is 5. The maximum atomic E-state index is 12.4. The molecule has 2 aromatic rings. The molecule has 1 aromatic heterocycles. The number of nitrogens with one attached hydrogen (secondary N) is 1. The Morgan fingerprint density at radius 1 is 1.35 bits per heavy atom. The van der Waals surface area contributed by atoms with Gasteiger partial charge >= 0.3 is 0 Å². The van der Waals surface area contributed by atoms with E-state index in [-0.39, 0.29) is 17.5 Å². The fourth-order valence-corrected chi connectivity index (χ4v) is 3.20. The maximum Gasteiger partial charge on any atom is 0.271 e. The first-order valence-corrected chi connectivity index (χ1v) is 8.88. The first-order chi connectivity index (χ1) is 10.9. The van der Waals surface area contributed by atoms with Crippen molar-refractivity contribution in [1.29, 1.82) is 0 Å². The summed E-state index contributed by atoms with van der Waals surface area (Å²) in [6.45, 7) is 2.14. The van der Waals surface area contributed by atoms with Crippen LogP contribution >= 0.6 is 0 Å². The fraction of sp³-hybridized carbons (Fsp3) is 0.312. The van der Waals surface area contributed by atoms with E-state index < -0.39 is 15.1 Å². The number of sulfonamides is 1. The van der Waals surface area contributed by atoms with Gasteiger partial charge in [0, 0.05) is 6.07 Å². The lowest BCUT2D eigenvalue weighted by atomic mass is 10.0. The zero-order valence-corrected chi connectivity index (χ0v) is 13.4. The summed E-state index contributed by atoms with van der Waals surface area (Å²) in [6, 6.07) is 10.8. The van der Waals surface area contributed by atoms with E-state index in [4.69, 9.17) is 9.56 Å². The highest BCUT2D eigenvalue weighted by atomic mass is 32.2. The third kappa shape index (κ3) is 3.46. The van der Waals surface area contributed by atoms with Crippen LogP contribution in [0.25, 0.3) is 0 Å². The van der Waals surface area contributed by atoms with Crippen molar-refractivity contribution in [2.24, 2.45) is 17.0 Å². The number of furan rings is 1. The molecule has 0 unspecified atom stereocenters. The van der Waals surface area contributed by atoms with E-state index >= 15 is 0 Å². The molecule has 0 radical (unpaired) electrons. The lowest BCUT2D eigenvalue weighted by Crippen LogP contribution is -2.30. The SMILES string of the molecule is C[C@@H]1C[C@@H]1[C@@H](NC(=O)c1coc(S(N)(=O)=O)c1)c1ccccc1. The van der Waals surface area contributed by atoms with Crippen LogP contribution in [0, 0.1) is 11.8 Å². The van der Waals surface area contributed by atoms with E-state index in [1.807, 2.05) is 30.3 Å². The normalized spacial score (nSPS) is 21.7. The van der Waals surface area contributed by atoms with Crippen molar-refractivity contribution >= 4 is 15.9 Å². The van der Waals surface area contributed by atoms with Gasteiger partial charge in [-0.15, -0.1) is 0 Å². The van der Waals surface area contributed by atoms with E-state index in [2.05, 4.69) is 12.2 Å². The number of benzene rings is 1. The van der Waals surface area contributed by atoms with Crippen molar-refractivity contribution in [3.05, 3.63) is 53.8 Å². The lowest BCUT2D eigenvalue weighted by Gasteiger charge is -2.19. The van der Waals surface area contributed by atoms with Crippen LogP contribution in [0.15, 0.2) is 52.2 Å². The van der Waals surface area contributed by atoms with Crippen LogP contribution in [0.5, 0.6) is 0 Å². The Morgan fingerprint density at radius 3 is 2.52 bits per heavy atom. The molecule has 6 nitrogen and oxygen atoms in total. The summed E-state index contributed by atoms with van der Waals surface area (Å²) in [6.07, 6.45) is 2.15. The average Bonchev–Trinajstić information content (AvgIpc) is 3.03. The van der Waals surface area contributed by atoms with Gasteiger partial charge in [0.1, 0.15) is 6.26 Å². The highest BCUT2D eigenvalue weighted by Crippen LogP contribution is 2.47. The number of carbonyl (C=O) groups excluding carboxylic acids is 1. The molecule has 3 rings (SSSR count). The lowest BCUT2D eigenvalue weighted by molar-refractivity contribution is 0.0930. The number of carbonyl (C=O) groups is 1. The fourth-order valence-electron chi connectivity index (χ4n) is 2.72. The third-order valence-electron chi connectivity index (χ3n) is 4.16. The third-order valence-corrected chi connectivity index (χ3v) is 4.94. The quantitative estimate of drug-likeness (QED) is 0.873. The van der Waals surface area contributed by atoms with Gasteiger partial charge in [0.2, 0.25) is 5.09 Å². The number of hydrogen-bond donors (Lipinski definition) is 2. The van der Waals surface area contributed by atoms with Gasteiger partial charge in [-0.2, -0.15) is 0 Å². The molecule has 1 saturated carbocycles. The summed E-state index contributed by atoms with van der Waals surface area (Å²) in [4.78, 5) is 12.4. The highest BCUT2D eigenvalue weighted by Gasteiger charge is 2.41. The molecule has 1 aliphatic rings. The van der Waals surface area contributed by atoms with Crippen LogP contribution in [0.2, 0.25) is 0 Å². The summed E-state index contributed by atoms with van der Waals surface area (Å²) in [5.74, 6) is 0.549. The van der Waals surface area contributed by atoms with E-state index in [1.165, 1.54) is 0 Å². The van der Waals surface area contributed by atoms with Crippen molar-refractivity contribution < 1.29 is 17.6 Å². The van der Waals surface area contributed by atoms with Crippen LogP contribution in [0.4, 0.5) is 0 Å². The molecule has 0 bridgehead atoms. The molecule has 0 spiro atoms. The minimum atomic E-state index is -3.96. The summed E-state index contributed by atoms with van der Waals surface area (Å²) in [5.41, 5.74) is 1.17. The maximum absolute atomic E-state index is 12.4. The average molecular weight is 334 g/mol. The molecule has 1 aliphatic carbocycles. The summed E-state index contributed by atoms with van der Waals surface area (Å²) >= 11 is 0. The van der Waals surface area contributed by atoms with E-state index in [0.717, 1.165) is 24.3 Å². The molecule has 1 fully saturated rings. The molecule has 122 valence electrons. The topological polar surface area (TPSA) is 102 Å². The summed E-state index contributed by atoms with van der Waals surface area (Å²) < 4.78 is 27.3. The van der Waals surface area contributed by atoms with Gasteiger partial charge in [-0.05, 0) is 23.8 Å². The van der Waals surface area contributed by atoms with E-state index in [9.17, 15) is 13.2 Å². The highest BCUT2D eigenvalue weighted by molar-refractivity contribution is 7.89. The molecule has 1 amide bonds. The Hall–Kier alpha value is -2.12. The van der Waals surface area contributed by atoms with E-state index in [1.54, 1.807) is 0 Å². The van der Waals surface area contributed by atoms with Gasteiger partial charge in [0.15, 0.2) is 0 Å². The zero-order valence-electron chi connectivity index (χ0n) is 12.6. The van der Waals surface area contributed by atoms with Gasteiger partial charge in [-0.1, -0.05) is 37.3 Å². The number of primary sulfonamides is 1. The Labute approximate surface area is 134 Å². The molecular formula is C16H18N2O4S. The van der Waals surface area contributed by atoms with Crippen molar-refractivity contribution in [2.75, 3.05) is 0 Å². The Morgan fingerprint density at radius 2 is 2.00 bits per heavy atom. The molecule has 3 atom stereocenters. The number of hydrogen-bond acceptors (Lipinski definition) is 4. The van der Waals surface area contributed by atoms with Crippen molar-refractivity contribution in [3.8, 4) is 0 Å². The molecule has 23 heavy (non-hydrogen) atoms. The van der Waals surface area contributed by atoms with Gasteiger partial charge in [-0.3, -0.25) is 4.79 Å². The van der Waals surface area contributed by atoms with Gasteiger partial charge in [-0.25, -0.2) is 13.6 Å². The van der Waals surface area contributed by atoms with Crippen molar-refractivity contribution in [3.63, 3.8) is 0 Å². The minimum Gasteiger partial charge on any atom is -0.451 e. The molecule has 1 aromatic carbocycles. The van der Waals surface area contributed by atoms with Crippen LogP contribution in [0.1, 0.15) is 35.3 Å². The van der Waals surface area contributed by atoms with Gasteiger partial charge in [0.05, 0.1) is 11.6 Å². The van der Waals surface area contributed by atoms with Crippen molar-refractivity contribution in [1.82, 2.24) is 5.32 Å². The second kappa shape index (κ2) is 5.82. The number of nitrogens with two attached hydrogens (primary N) is 1. The van der Waals surface area contributed by atoms with Gasteiger partial charge in [0.25, 0.3) is 15.9 Å². The second-order valence-corrected chi connectivity index (χ2v) is 7.43. The van der Waals surface area contributed by atoms with E-state index in [0.29, 0.717) is 11.8 Å². The molecule has 1 heterocycles. The van der Waals surface area contributed by atoms with Crippen LogP contribution in [-0.2, 0) is 10.0 Å². The molecule has 0 saturated heterocycles. The predicted molar refractivity (Wildman–Crippen MR) is 84.0 cm³/mol. The summed E-state index contributed by atoms with van der Waals surface area (Å²) in [5, 5.41) is 7.54. The second-order valence-electron chi connectivity index (χ2n) is 5.94. The zero-order chi connectivity index (χ0) is 16.6.